The van der Waals surface area contributed by atoms with Crippen molar-refractivity contribution in [3.8, 4) is 0 Å². The summed E-state index contributed by atoms with van der Waals surface area (Å²) in [4.78, 5) is 0. The summed E-state index contributed by atoms with van der Waals surface area (Å²) in [5, 5.41) is 0.728. The maximum absolute atomic E-state index is 5.35. The second kappa shape index (κ2) is 3.16. The van der Waals surface area contributed by atoms with Gasteiger partial charge in [-0.15, -0.1) is 0 Å². The van der Waals surface area contributed by atoms with Crippen LogP contribution in [0.3, 0.4) is 0 Å². The van der Waals surface area contributed by atoms with Gasteiger partial charge in [0.1, 0.15) is 0 Å². The SMILES string of the molecule is CO/C(Cl)=C(/C)Cl. The van der Waals surface area contributed by atoms with Crippen molar-refractivity contribution < 1.29 is 4.74 Å². The first kappa shape index (κ1) is 7.12. The molecule has 0 spiro atoms. The van der Waals surface area contributed by atoms with Gasteiger partial charge in [-0.1, -0.05) is 11.6 Å². The molecule has 0 amide bonds. The number of allylic oxidation sites excluding steroid dienone is 1. The van der Waals surface area contributed by atoms with Gasteiger partial charge in [0.05, 0.1) is 12.1 Å². The third-order valence-corrected chi connectivity index (χ3v) is 1.16. The molecule has 0 rings (SSSR count). The fraction of sp³-hybridized carbons (Fsp3) is 0.500. The average Bonchev–Trinajstić information content (AvgIpc) is 1.65. The summed E-state index contributed by atoms with van der Waals surface area (Å²) in [5.74, 6) is 0. The Labute approximate surface area is 52.9 Å². The smallest absolute Gasteiger partial charge is 0.201 e. The lowest BCUT2D eigenvalue weighted by Crippen LogP contribution is -1.75. The highest BCUT2D eigenvalue weighted by molar-refractivity contribution is 6.38. The minimum absolute atomic E-state index is 0.252. The molecule has 0 aromatic heterocycles. The van der Waals surface area contributed by atoms with E-state index in [1.54, 1.807) is 6.92 Å². The first-order chi connectivity index (χ1) is 3.18. The van der Waals surface area contributed by atoms with E-state index in [0.29, 0.717) is 5.03 Å². The van der Waals surface area contributed by atoms with Crippen LogP contribution < -0.4 is 0 Å². The van der Waals surface area contributed by atoms with E-state index in [-0.39, 0.29) is 5.22 Å². The standard InChI is InChI=1S/C4H6Cl2O/c1-3(5)4(6)7-2/h1-2H3/b4-3-. The van der Waals surface area contributed by atoms with Gasteiger partial charge >= 0.3 is 0 Å². The number of hydrogen-bond donors (Lipinski definition) is 0. The van der Waals surface area contributed by atoms with Gasteiger partial charge in [-0.3, -0.25) is 0 Å². The molecule has 0 N–H and O–H groups in total. The fourth-order valence-electron chi connectivity index (χ4n) is 0.141. The summed E-state index contributed by atoms with van der Waals surface area (Å²) in [7, 11) is 1.47. The summed E-state index contributed by atoms with van der Waals surface area (Å²) in [6, 6.07) is 0. The van der Waals surface area contributed by atoms with Crippen molar-refractivity contribution in [1.82, 2.24) is 0 Å². The molecule has 0 saturated carbocycles. The van der Waals surface area contributed by atoms with E-state index in [4.69, 9.17) is 23.2 Å². The van der Waals surface area contributed by atoms with Gasteiger partial charge in [0.15, 0.2) is 0 Å². The highest BCUT2D eigenvalue weighted by Gasteiger charge is 1.90. The molecular weight excluding hydrogens is 135 g/mol. The molecule has 0 radical (unpaired) electrons. The van der Waals surface area contributed by atoms with Crippen LogP contribution in [0.15, 0.2) is 10.3 Å². The molecule has 42 valence electrons. The van der Waals surface area contributed by atoms with Gasteiger partial charge in [-0.2, -0.15) is 0 Å². The summed E-state index contributed by atoms with van der Waals surface area (Å²) < 4.78 is 4.52. The molecular formula is C4H6Cl2O. The topological polar surface area (TPSA) is 9.23 Å². The minimum atomic E-state index is 0.252. The molecule has 0 atom stereocenters. The maximum Gasteiger partial charge on any atom is 0.201 e. The normalized spacial score (nSPS) is 13.1. The predicted molar refractivity (Wildman–Crippen MR) is 31.4 cm³/mol. The van der Waals surface area contributed by atoms with Crippen molar-refractivity contribution in [2.75, 3.05) is 7.11 Å². The van der Waals surface area contributed by atoms with Gasteiger partial charge in [0.25, 0.3) is 0 Å². The fourth-order valence-corrected chi connectivity index (χ4v) is 0.218. The highest BCUT2D eigenvalue weighted by atomic mass is 35.5. The van der Waals surface area contributed by atoms with Crippen LogP contribution >= 0.6 is 23.2 Å². The van der Waals surface area contributed by atoms with E-state index in [0.717, 1.165) is 0 Å². The molecule has 0 aliphatic heterocycles. The largest absolute Gasteiger partial charge is 0.485 e. The molecule has 0 aromatic rings. The zero-order chi connectivity index (χ0) is 5.86. The molecule has 0 saturated heterocycles. The molecule has 0 heterocycles. The number of methoxy groups -OCH3 is 1. The Morgan fingerprint density at radius 2 is 1.86 bits per heavy atom. The van der Waals surface area contributed by atoms with Gasteiger partial charge < -0.3 is 4.74 Å². The Morgan fingerprint density at radius 3 is 1.86 bits per heavy atom. The summed E-state index contributed by atoms with van der Waals surface area (Å²) in [6.07, 6.45) is 0. The molecule has 0 aromatic carbocycles. The van der Waals surface area contributed by atoms with Gasteiger partial charge in [0, 0.05) is 0 Å². The van der Waals surface area contributed by atoms with E-state index >= 15 is 0 Å². The molecule has 0 unspecified atom stereocenters. The van der Waals surface area contributed by atoms with Crippen LogP contribution in [0.5, 0.6) is 0 Å². The number of hydrogen-bond acceptors (Lipinski definition) is 1. The molecule has 0 aliphatic carbocycles. The van der Waals surface area contributed by atoms with E-state index in [1.807, 2.05) is 0 Å². The van der Waals surface area contributed by atoms with Crippen LogP contribution in [0, 0.1) is 0 Å². The number of rotatable bonds is 1. The van der Waals surface area contributed by atoms with Crippen LogP contribution in [-0.4, -0.2) is 7.11 Å². The third kappa shape index (κ3) is 2.77. The number of halogens is 2. The quantitative estimate of drug-likeness (QED) is 0.509. The monoisotopic (exact) mass is 140 g/mol. The summed E-state index contributed by atoms with van der Waals surface area (Å²) in [6.45, 7) is 1.66. The second-order valence-electron chi connectivity index (χ2n) is 1.01. The molecule has 0 aliphatic rings. The minimum Gasteiger partial charge on any atom is -0.485 e. The third-order valence-electron chi connectivity index (χ3n) is 0.450. The lowest BCUT2D eigenvalue weighted by atomic mass is 10.7. The zero-order valence-electron chi connectivity index (χ0n) is 4.16. The first-order valence-electron chi connectivity index (χ1n) is 1.74. The average molecular weight is 141 g/mol. The van der Waals surface area contributed by atoms with Gasteiger partial charge in [0.2, 0.25) is 5.22 Å². The maximum atomic E-state index is 5.35. The first-order valence-corrected chi connectivity index (χ1v) is 2.50. The molecule has 0 bridgehead atoms. The van der Waals surface area contributed by atoms with Crippen LogP contribution in [0.1, 0.15) is 6.92 Å². The molecule has 7 heavy (non-hydrogen) atoms. The number of ether oxygens (including phenoxy) is 1. The zero-order valence-corrected chi connectivity index (χ0v) is 5.68. The predicted octanol–water partition coefficient (Wildman–Crippen LogP) is 2.30. The highest BCUT2D eigenvalue weighted by Crippen LogP contribution is 2.11. The van der Waals surface area contributed by atoms with E-state index < -0.39 is 0 Å². The second-order valence-corrected chi connectivity index (χ2v) is 1.92. The van der Waals surface area contributed by atoms with E-state index in [9.17, 15) is 0 Å². The van der Waals surface area contributed by atoms with Crippen molar-refractivity contribution in [3.63, 3.8) is 0 Å². The Kier molecular flexibility index (Phi) is 3.22. The lowest BCUT2D eigenvalue weighted by molar-refractivity contribution is 0.320. The molecule has 0 fully saturated rings. The van der Waals surface area contributed by atoms with E-state index in [1.165, 1.54) is 7.11 Å². The van der Waals surface area contributed by atoms with Crippen molar-refractivity contribution in [1.29, 1.82) is 0 Å². The van der Waals surface area contributed by atoms with Crippen LogP contribution in [0.4, 0.5) is 0 Å². The summed E-state index contributed by atoms with van der Waals surface area (Å²) in [5.41, 5.74) is 0. The van der Waals surface area contributed by atoms with Crippen molar-refractivity contribution in [2.24, 2.45) is 0 Å². The Morgan fingerprint density at radius 1 is 1.43 bits per heavy atom. The van der Waals surface area contributed by atoms with Crippen molar-refractivity contribution >= 4 is 23.2 Å². The van der Waals surface area contributed by atoms with Crippen LogP contribution in [-0.2, 0) is 4.74 Å². The van der Waals surface area contributed by atoms with E-state index in [2.05, 4.69) is 4.74 Å². The van der Waals surface area contributed by atoms with Gasteiger partial charge in [-0.05, 0) is 18.5 Å². The Balaban J connectivity index is 3.72. The van der Waals surface area contributed by atoms with Crippen LogP contribution in [0.25, 0.3) is 0 Å². The molecule has 1 nitrogen and oxygen atoms in total. The van der Waals surface area contributed by atoms with Crippen LogP contribution in [0.2, 0.25) is 0 Å². The lowest BCUT2D eigenvalue weighted by Gasteiger charge is -1.93. The van der Waals surface area contributed by atoms with Crippen molar-refractivity contribution in [3.05, 3.63) is 10.3 Å². The van der Waals surface area contributed by atoms with Gasteiger partial charge in [-0.25, -0.2) is 0 Å². The Bertz CT molecular complexity index is 83.7. The summed E-state index contributed by atoms with van der Waals surface area (Å²) >= 11 is 10.7. The Hall–Kier alpha value is 0.120. The molecule has 3 heteroatoms. The van der Waals surface area contributed by atoms with Crippen molar-refractivity contribution in [2.45, 2.75) is 6.92 Å².